The highest BCUT2D eigenvalue weighted by Crippen LogP contribution is 2.31. The fourth-order valence-electron chi connectivity index (χ4n) is 4.29. The maximum Gasteiger partial charge on any atom is 0.303 e. The van der Waals surface area contributed by atoms with Crippen molar-refractivity contribution in [2.45, 2.75) is 57.6 Å². The van der Waals surface area contributed by atoms with E-state index >= 15 is 0 Å². The number of aliphatic carboxylic acids is 1. The van der Waals surface area contributed by atoms with E-state index in [1.807, 2.05) is 0 Å². The number of hydrogen-bond donors (Lipinski definition) is 3. The Morgan fingerprint density at radius 1 is 1.23 bits per heavy atom. The van der Waals surface area contributed by atoms with Gasteiger partial charge in [-0.1, -0.05) is 30.3 Å². The van der Waals surface area contributed by atoms with Crippen LogP contribution in [0.15, 0.2) is 42.5 Å². The Morgan fingerprint density at radius 3 is 2.55 bits per heavy atom. The average Bonchev–Trinajstić information content (AvgIpc) is 3.12. The second-order valence-electron chi connectivity index (χ2n) is 9.14. The third-order valence-electron chi connectivity index (χ3n) is 5.81. The normalized spacial score (nSPS) is 15.0. The first-order chi connectivity index (χ1) is 14.7. The van der Waals surface area contributed by atoms with Gasteiger partial charge in [-0.3, -0.25) is 4.79 Å². The number of rotatable bonds is 11. The number of benzene rings is 2. The molecule has 31 heavy (non-hydrogen) atoms. The largest absolute Gasteiger partial charge is 0.488 e. The summed E-state index contributed by atoms with van der Waals surface area (Å²) >= 11 is 0. The lowest BCUT2D eigenvalue weighted by Gasteiger charge is -2.30. The molecule has 0 amide bonds. The molecule has 0 aliphatic heterocycles. The van der Waals surface area contributed by atoms with Crippen LogP contribution in [-0.4, -0.2) is 41.0 Å². The monoisotopic (exact) mass is 429 g/mol. The molecule has 0 saturated heterocycles. The van der Waals surface area contributed by atoms with Gasteiger partial charge in [-0.2, -0.15) is 0 Å². The van der Waals surface area contributed by atoms with E-state index in [1.165, 1.54) is 23.3 Å². The molecule has 0 unspecified atom stereocenters. The second-order valence-corrected chi connectivity index (χ2v) is 9.14. The number of carboxylic acid groups (broad SMARTS) is 1. The molecule has 1 aliphatic carbocycles. The van der Waals surface area contributed by atoms with Gasteiger partial charge in [0, 0.05) is 18.5 Å². The van der Waals surface area contributed by atoms with Crippen molar-refractivity contribution in [3.8, 4) is 5.75 Å². The molecule has 0 fully saturated rings. The summed E-state index contributed by atoms with van der Waals surface area (Å²) in [6.45, 7) is 4.56. The summed E-state index contributed by atoms with van der Waals surface area (Å²) in [5.74, 6) is -0.821. The van der Waals surface area contributed by atoms with E-state index in [0.717, 1.165) is 19.3 Å². The fraction of sp³-hybridized carbons (Fsp3) is 0.480. The van der Waals surface area contributed by atoms with E-state index < -0.39 is 17.9 Å². The summed E-state index contributed by atoms with van der Waals surface area (Å²) in [5.41, 5.74) is 3.41. The van der Waals surface area contributed by atoms with Crippen molar-refractivity contribution in [2.24, 2.45) is 5.92 Å². The van der Waals surface area contributed by atoms with E-state index in [4.69, 9.17) is 9.84 Å². The highest BCUT2D eigenvalue weighted by Gasteiger charge is 2.28. The van der Waals surface area contributed by atoms with Crippen LogP contribution in [-0.2, 0) is 24.1 Å². The van der Waals surface area contributed by atoms with Crippen molar-refractivity contribution in [2.75, 3.05) is 13.2 Å². The van der Waals surface area contributed by atoms with Gasteiger partial charge in [-0.05, 0) is 74.3 Å². The fourth-order valence-corrected chi connectivity index (χ4v) is 4.29. The Balaban J connectivity index is 1.44. The van der Waals surface area contributed by atoms with Crippen LogP contribution in [0, 0.1) is 11.7 Å². The molecule has 0 aromatic heterocycles. The molecule has 1 atom stereocenters. The van der Waals surface area contributed by atoms with E-state index in [1.54, 1.807) is 6.07 Å². The predicted molar refractivity (Wildman–Crippen MR) is 118 cm³/mol. The van der Waals surface area contributed by atoms with Gasteiger partial charge < -0.3 is 20.3 Å². The van der Waals surface area contributed by atoms with E-state index in [-0.39, 0.29) is 24.3 Å². The Bertz CT molecular complexity index is 874. The van der Waals surface area contributed by atoms with Crippen LogP contribution in [0.5, 0.6) is 5.75 Å². The van der Waals surface area contributed by atoms with Crippen LogP contribution in [0.4, 0.5) is 4.39 Å². The van der Waals surface area contributed by atoms with Gasteiger partial charge in [0.15, 0.2) is 11.6 Å². The van der Waals surface area contributed by atoms with Crippen LogP contribution in [0.2, 0.25) is 0 Å². The van der Waals surface area contributed by atoms with Crippen LogP contribution in [0.3, 0.4) is 0 Å². The SMILES string of the molecule is CC(C)(CC1Cc2ccccc2C1)NC[C@H](O)COc1cc(CCC(=O)O)ccc1F. The van der Waals surface area contributed by atoms with Crippen LogP contribution in [0.25, 0.3) is 0 Å². The number of carboxylic acids is 1. The van der Waals surface area contributed by atoms with Gasteiger partial charge in [0.2, 0.25) is 0 Å². The lowest BCUT2D eigenvalue weighted by atomic mass is 9.88. The third kappa shape index (κ3) is 7.04. The zero-order valence-electron chi connectivity index (χ0n) is 18.2. The zero-order valence-corrected chi connectivity index (χ0v) is 18.2. The van der Waals surface area contributed by atoms with Crippen molar-refractivity contribution in [3.05, 3.63) is 65.0 Å². The Labute approximate surface area is 183 Å². The number of fused-ring (bicyclic) bond motifs is 1. The number of carbonyl (C=O) groups is 1. The number of hydrogen-bond acceptors (Lipinski definition) is 4. The van der Waals surface area contributed by atoms with E-state index in [0.29, 0.717) is 24.4 Å². The molecule has 3 N–H and O–H groups in total. The number of ether oxygens (including phenoxy) is 1. The second kappa shape index (κ2) is 10.2. The molecule has 2 aromatic carbocycles. The lowest BCUT2D eigenvalue weighted by Crippen LogP contribution is -2.46. The minimum Gasteiger partial charge on any atom is -0.488 e. The first-order valence-electron chi connectivity index (χ1n) is 10.8. The van der Waals surface area contributed by atoms with Gasteiger partial charge in [0.1, 0.15) is 12.7 Å². The van der Waals surface area contributed by atoms with Crippen LogP contribution in [0.1, 0.15) is 43.4 Å². The van der Waals surface area contributed by atoms with Gasteiger partial charge in [-0.15, -0.1) is 0 Å². The number of halogens is 1. The number of aryl methyl sites for hydroxylation is 1. The Kier molecular flexibility index (Phi) is 7.68. The zero-order chi connectivity index (χ0) is 22.4. The molecule has 5 nitrogen and oxygen atoms in total. The van der Waals surface area contributed by atoms with Crippen LogP contribution < -0.4 is 10.1 Å². The Hall–Kier alpha value is -2.44. The minimum absolute atomic E-state index is 0.0290. The maximum atomic E-state index is 14.0. The average molecular weight is 430 g/mol. The summed E-state index contributed by atoms with van der Waals surface area (Å²) in [4.78, 5) is 10.7. The number of nitrogens with one attached hydrogen (secondary N) is 1. The lowest BCUT2D eigenvalue weighted by molar-refractivity contribution is -0.136. The van der Waals surface area contributed by atoms with Gasteiger partial charge in [0.05, 0.1) is 0 Å². The van der Waals surface area contributed by atoms with Crippen molar-refractivity contribution in [1.82, 2.24) is 5.32 Å². The minimum atomic E-state index is -0.905. The van der Waals surface area contributed by atoms with E-state index in [9.17, 15) is 14.3 Å². The molecule has 2 aromatic rings. The molecule has 3 rings (SSSR count). The molecular formula is C25H32FNO4. The van der Waals surface area contributed by atoms with Crippen LogP contribution >= 0.6 is 0 Å². The highest BCUT2D eigenvalue weighted by atomic mass is 19.1. The summed E-state index contributed by atoms with van der Waals surface area (Å²) in [6.07, 6.45) is 2.65. The summed E-state index contributed by atoms with van der Waals surface area (Å²) in [7, 11) is 0. The topological polar surface area (TPSA) is 78.8 Å². The first kappa shape index (κ1) is 23.2. The van der Waals surface area contributed by atoms with Gasteiger partial charge in [-0.25, -0.2) is 4.39 Å². The first-order valence-corrected chi connectivity index (χ1v) is 10.8. The van der Waals surface area contributed by atoms with Gasteiger partial charge >= 0.3 is 5.97 Å². The molecule has 0 bridgehead atoms. The van der Waals surface area contributed by atoms with Gasteiger partial charge in [0.25, 0.3) is 0 Å². The van der Waals surface area contributed by atoms with Crippen molar-refractivity contribution in [1.29, 1.82) is 0 Å². The molecule has 0 spiro atoms. The number of aliphatic hydroxyl groups is 1. The third-order valence-corrected chi connectivity index (χ3v) is 5.81. The van der Waals surface area contributed by atoms with E-state index in [2.05, 4.69) is 43.4 Å². The molecule has 0 heterocycles. The van der Waals surface area contributed by atoms with Crippen molar-refractivity contribution in [3.63, 3.8) is 0 Å². The molecule has 1 aliphatic rings. The molecule has 0 saturated carbocycles. The molecular weight excluding hydrogens is 397 g/mol. The smallest absolute Gasteiger partial charge is 0.303 e. The summed E-state index contributed by atoms with van der Waals surface area (Å²) in [6, 6.07) is 12.9. The summed E-state index contributed by atoms with van der Waals surface area (Å²) < 4.78 is 19.5. The summed E-state index contributed by atoms with van der Waals surface area (Å²) in [5, 5.41) is 22.5. The Morgan fingerprint density at radius 2 is 1.90 bits per heavy atom. The predicted octanol–water partition coefficient (Wildman–Crippen LogP) is 3.76. The number of β-amino-alcohol motifs (C(OH)–C–C–N with tert-alkyl or cyclic N) is 1. The highest BCUT2D eigenvalue weighted by molar-refractivity contribution is 5.67. The molecule has 6 heteroatoms. The standard InChI is InChI=1S/C25H32FNO4/c1-25(2,14-18-11-19-5-3-4-6-20(19)12-18)27-15-21(28)16-31-23-13-17(7-9-22(23)26)8-10-24(29)30/h3-7,9,13,18,21,27-28H,8,10-12,14-16H2,1-2H3,(H,29,30)/t21-/m0/s1. The quantitative estimate of drug-likeness (QED) is 0.507. The molecule has 168 valence electrons. The maximum absolute atomic E-state index is 14.0. The van der Waals surface area contributed by atoms with Crippen molar-refractivity contribution < 1.29 is 24.1 Å². The number of aliphatic hydroxyl groups excluding tert-OH is 1. The van der Waals surface area contributed by atoms with Crippen molar-refractivity contribution >= 4 is 5.97 Å². The molecule has 0 radical (unpaired) electrons.